The van der Waals surface area contributed by atoms with Crippen LogP contribution in [0.3, 0.4) is 0 Å². The Kier molecular flexibility index (Phi) is 8.57. The highest BCUT2D eigenvalue weighted by atomic mass is 35.5. The van der Waals surface area contributed by atoms with Crippen molar-refractivity contribution in [3.05, 3.63) is 12.1 Å². The van der Waals surface area contributed by atoms with Crippen molar-refractivity contribution in [1.29, 1.82) is 0 Å². The van der Waals surface area contributed by atoms with Gasteiger partial charge in [0.15, 0.2) is 11.5 Å². The summed E-state index contributed by atoms with van der Waals surface area (Å²) in [6.07, 6.45) is 0. The molecule has 0 fully saturated rings. The van der Waals surface area contributed by atoms with E-state index in [0.717, 1.165) is 0 Å². The summed E-state index contributed by atoms with van der Waals surface area (Å²) in [7, 11) is 6.41. The van der Waals surface area contributed by atoms with Crippen LogP contribution in [0.15, 0.2) is 12.1 Å². The highest BCUT2D eigenvalue weighted by Gasteiger charge is 2.16. The van der Waals surface area contributed by atoms with Crippen LogP contribution in [0.4, 0.5) is 5.69 Å². The van der Waals surface area contributed by atoms with Gasteiger partial charge in [0.2, 0.25) is 11.7 Å². The first-order valence-corrected chi connectivity index (χ1v) is 6.32. The van der Waals surface area contributed by atoms with Gasteiger partial charge in [-0.05, 0) is 7.05 Å². The minimum Gasteiger partial charge on any atom is -0.493 e. The number of hydrogen-bond donors (Lipinski definition) is 2. The molecule has 0 saturated carbocycles. The van der Waals surface area contributed by atoms with E-state index in [-0.39, 0.29) is 24.2 Å². The van der Waals surface area contributed by atoms with Gasteiger partial charge in [-0.1, -0.05) is 6.92 Å². The average molecular weight is 319 g/mol. The van der Waals surface area contributed by atoms with Crippen LogP contribution < -0.4 is 24.8 Å². The second kappa shape index (κ2) is 9.31. The van der Waals surface area contributed by atoms with Crippen molar-refractivity contribution in [2.24, 2.45) is 5.92 Å². The zero-order chi connectivity index (χ0) is 15.1. The molecule has 1 atom stereocenters. The van der Waals surface area contributed by atoms with Crippen LogP contribution in [0.5, 0.6) is 17.2 Å². The van der Waals surface area contributed by atoms with Crippen LogP contribution in [0.1, 0.15) is 6.92 Å². The standard InChI is InChI=1S/C14H22N2O4.ClH/c1-9(8-15-2)14(17)16-10-6-11(18-3)13(20-5)12(7-10)19-4;/h6-7,9,15H,8H2,1-5H3,(H,16,17);1H. The first-order valence-electron chi connectivity index (χ1n) is 6.32. The SMILES string of the molecule is CNCC(C)C(=O)Nc1cc(OC)c(OC)c(OC)c1.Cl. The van der Waals surface area contributed by atoms with Crippen molar-refractivity contribution in [2.45, 2.75) is 6.92 Å². The molecule has 120 valence electrons. The molecule has 1 aromatic rings. The Morgan fingerprint density at radius 3 is 2.05 bits per heavy atom. The van der Waals surface area contributed by atoms with Crippen molar-refractivity contribution in [3.8, 4) is 17.2 Å². The van der Waals surface area contributed by atoms with Crippen molar-refractivity contribution >= 4 is 24.0 Å². The predicted molar refractivity (Wildman–Crippen MR) is 85.1 cm³/mol. The number of ether oxygens (including phenoxy) is 3. The number of nitrogens with one attached hydrogen (secondary N) is 2. The molecule has 21 heavy (non-hydrogen) atoms. The maximum absolute atomic E-state index is 12.0. The predicted octanol–water partition coefficient (Wildman–Crippen LogP) is 1.93. The minimum atomic E-state index is -0.140. The maximum atomic E-state index is 12.0. The molecule has 0 bridgehead atoms. The Labute approximate surface area is 131 Å². The largest absolute Gasteiger partial charge is 0.493 e. The van der Waals surface area contributed by atoms with E-state index >= 15 is 0 Å². The lowest BCUT2D eigenvalue weighted by Crippen LogP contribution is -2.28. The Morgan fingerprint density at radius 1 is 1.14 bits per heavy atom. The summed E-state index contributed by atoms with van der Waals surface area (Å²) in [6.45, 7) is 2.46. The molecule has 0 aliphatic heterocycles. The van der Waals surface area contributed by atoms with Crippen LogP contribution in [0.25, 0.3) is 0 Å². The lowest BCUT2D eigenvalue weighted by atomic mass is 10.1. The number of halogens is 1. The van der Waals surface area contributed by atoms with Crippen LogP contribution in [0.2, 0.25) is 0 Å². The second-order valence-corrected chi connectivity index (χ2v) is 4.36. The van der Waals surface area contributed by atoms with Crippen LogP contribution in [-0.2, 0) is 4.79 Å². The lowest BCUT2D eigenvalue weighted by Gasteiger charge is -2.16. The van der Waals surface area contributed by atoms with Gasteiger partial charge in [-0.25, -0.2) is 0 Å². The molecule has 1 rings (SSSR count). The molecular weight excluding hydrogens is 296 g/mol. The van der Waals surface area contributed by atoms with Gasteiger partial charge in [0, 0.05) is 30.3 Å². The molecule has 0 aliphatic rings. The minimum absolute atomic E-state index is 0. The van der Waals surface area contributed by atoms with E-state index in [2.05, 4.69) is 10.6 Å². The molecule has 2 N–H and O–H groups in total. The van der Waals surface area contributed by atoms with Crippen molar-refractivity contribution in [3.63, 3.8) is 0 Å². The first kappa shape index (κ1) is 19.3. The maximum Gasteiger partial charge on any atom is 0.228 e. The van der Waals surface area contributed by atoms with Gasteiger partial charge in [0.25, 0.3) is 0 Å². The van der Waals surface area contributed by atoms with Gasteiger partial charge in [0.05, 0.1) is 21.3 Å². The van der Waals surface area contributed by atoms with E-state index in [4.69, 9.17) is 14.2 Å². The second-order valence-electron chi connectivity index (χ2n) is 4.36. The van der Waals surface area contributed by atoms with E-state index in [1.807, 2.05) is 14.0 Å². The fourth-order valence-electron chi connectivity index (χ4n) is 1.82. The monoisotopic (exact) mass is 318 g/mol. The molecule has 0 spiro atoms. The zero-order valence-corrected chi connectivity index (χ0v) is 13.8. The summed E-state index contributed by atoms with van der Waals surface area (Å²) < 4.78 is 15.7. The Balaban J connectivity index is 0.00000400. The topological polar surface area (TPSA) is 68.8 Å². The normalized spacial score (nSPS) is 11.1. The Hall–Kier alpha value is -1.66. The van der Waals surface area contributed by atoms with Crippen LogP contribution in [0, 0.1) is 5.92 Å². The highest BCUT2D eigenvalue weighted by Crippen LogP contribution is 2.39. The molecule has 1 unspecified atom stereocenters. The fraction of sp³-hybridized carbons (Fsp3) is 0.500. The van der Waals surface area contributed by atoms with Gasteiger partial charge in [-0.2, -0.15) is 0 Å². The zero-order valence-electron chi connectivity index (χ0n) is 13.0. The average Bonchev–Trinajstić information content (AvgIpc) is 2.46. The van der Waals surface area contributed by atoms with Gasteiger partial charge < -0.3 is 24.8 Å². The van der Waals surface area contributed by atoms with E-state index in [0.29, 0.717) is 29.5 Å². The summed E-state index contributed by atoms with van der Waals surface area (Å²) in [5, 5.41) is 5.80. The molecule has 0 saturated heterocycles. The quantitative estimate of drug-likeness (QED) is 0.804. The fourth-order valence-corrected chi connectivity index (χ4v) is 1.82. The molecule has 0 heterocycles. The molecular formula is C14H23ClN2O4. The Morgan fingerprint density at radius 2 is 1.67 bits per heavy atom. The molecule has 0 aliphatic carbocycles. The van der Waals surface area contributed by atoms with Gasteiger partial charge in [0.1, 0.15) is 0 Å². The van der Waals surface area contributed by atoms with Gasteiger partial charge in [-0.3, -0.25) is 4.79 Å². The third kappa shape index (κ3) is 4.99. The van der Waals surface area contributed by atoms with Gasteiger partial charge >= 0.3 is 0 Å². The number of carbonyl (C=O) groups excluding carboxylic acids is 1. The summed E-state index contributed by atoms with van der Waals surface area (Å²) >= 11 is 0. The molecule has 1 amide bonds. The summed E-state index contributed by atoms with van der Waals surface area (Å²) in [4.78, 5) is 12.0. The van der Waals surface area contributed by atoms with Crippen LogP contribution >= 0.6 is 12.4 Å². The third-order valence-corrected chi connectivity index (χ3v) is 2.89. The molecule has 0 aromatic heterocycles. The van der Waals surface area contributed by atoms with Crippen LogP contribution in [-0.4, -0.2) is 40.8 Å². The molecule has 7 heteroatoms. The number of amides is 1. The first-order chi connectivity index (χ1) is 9.57. The smallest absolute Gasteiger partial charge is 0.228 e. The van der Waals surface area contributed by atoms with E-state index in [9.17, 15) is 4.79 Å². The van der Waals surface area contributed by atoms with Crippen molar-refractivity contribution in [2.75, 3.05) is 40.2 Å². The Bertz CT molecular complexity index is 443. The summed E-state index contributed by atoms with van der Waals surface area (Å²) in [5.41, 5.74) is 0.604. The third-order valence-electron chi connectivity index (χ3n) is 2.89. The number of anilines is 1. The molecule has 1 aromatic carbocycles. The lowest BCUT2D eigenvalue weighted by molar-refractivity contribution is -0.119. The van der Waals surface area contributed by atoms with E-state index in [1.54, 1.807) is 12.1 Å². The number of methoxy groups -OCH3 is 3. The van der Waals surface area contributed by atoms with Gasteiger partial charge in [-0.15, -0.1) is 12.4 Å². The number of benzene rings is 1. The highest BCUT2D eigenvalue weighted by molar-refractivity contribution is 5.93. The summed E-state index contributed by atoms with van der Waals surface area (Å²) in [5.74, 6) is 1.29. The number of rotatable bonds is 7. The molecule has 0 radical (unpaired) electrons. The van der Waals surface area contributed by atoms with E-state index in [1.165, 1.54) is 21.3 Å². The van der Waals surface area contributed by atoms with Crippen molar-refractivity contribution < 1.29 is 19.0 Å². The number of hydrogen-bond acceptors (Lipinski definition) is 5. The molecule has 6 nitrogen and oxygen atoms in total. The van der Waals surface area contributed by atoms with E-state index < -0.39 is 0 Å². The summed E-state index contributed by atoms with van der Waals surface area (Å²) in [6, 6.07) is 3.40. The van der Waals surface area contributed by atoms with Crippen molar-refractivity contribution in [1.82, 2.24) is 5.32 Å². The number of carbonyl (C=O) groups is 1.